The van der Waals surface area contributed by atoms with E-state index in [0.717, 1.165) is 17.9 Å². The fraction of sp³-hybridized carbons (Fsp3) is 0.600. The molecule has 0 aliphatic rings. The normalized spacial score (nSPS) is 12.6. The maximum absolute atomic E-state index is 11.9. The van der Waals surface area contributed by atoms with Crippen molar-refractivity contribution >= 4 is 13.5 Å². The lowest BCUT2D eigenvalue weighted by Gasteiger charge is -2.23. The summed E-state index contributed by atoms with van der Waals surface area (Å²) in [6.07, 6.45) is 9.87. The average molecular weight is 251 g/mol. The molecule has 0 radical (unpaired) electrons. The van der Waals surface area contributed by atoms with E-state index >= 15 is 0 Å². The molecule has 1 nitrogen and oxygen atoms in total. The van der Waals surface area contributed by atoms with Crippen LogP contribution in [0.1, 0.15) is 51.9 Å². The summed E-state index contributed by atoms with van der Waals surface area (Å²) in [5.41, 5.74) is 0. The topological polar surface area (TPSA) is 23.1 Å². The Labute approximate surface area is 107 Å². The number of hydrogen-bond acceptors (Lipinski definition) is 1. The third-order valence-electron chi connectivity index (χ3n) is 3.01. The zero-order chi connectivity index (χ0) is 12.3. The zero-order valence-electron chi connectivity index (χ0n) is 10.9. The molecule has 2 heteroatoms. The van der Waals surface area contributed by atoms with Gasteiger partial charge in [0.2, 0.25) is 0 Å². The molecule has 1 atom stereocenters. The first-order valence-corrected chi connectivity index (χ1v) is 8.29. The van der Waals surface area contributed by atoms with Crippen molar-refractivity contribution in [2.75, 3.05) is 6.16 Å². The number of rotatable bonds is 9. The molecule has 0 heterocycles. The SMILES string of the molecule is CCCCCCCCCP([O-])c1ccccc1. The van der Waals surface area contributed by atoms with Crippen LogP contribution in [0.4, 0.5) is 0 Å². The lowest BCUT2D eigenvalue weighted by Crippen LogP contribution is -2.12. The molecule has 96 valence electrons. The van der Waals surface area contributed by atoms with Gasteiger partial charge in [0.15, 0.2) is 0 Å². The Hall–Kier alpha value is -0.390. The molecule has 1 rings (SSSR count). The second-order valence-electron chi connectivity index (χ2n) is 4.56. The van der Waals surface area contributed by atoms with Crippen LogP contribution in [-0.4, -0.2) is 6.16 Å². The highest BCUT2D eigenvalue weighted by molar-refractivity contribution is 7.58. The predicted molar refractivity (Wildman–Crippen MR) is 75.9 cm³/mol. The van der Waals surface area contributed by atoms with Crippen LogP contribution >= 0.6 is 8.15 Å². The largest absolute Gasteiger partial charge is 0.826 e. The lowest BCUT2D eigenvalue weighted by molar-refractivity contribution is -0.156. The molecule has 0 saturated carbocycles. The van der Waals surface area contributed by atoms with E-state index in [1.807, 2.05) is 30.3 Å². The van der Waals surface area contributed by atoms with E-state index in [1.165, 1.54) is 38.5 Å². The van der Waals surface area contributed by atoms with E-state index in [1.54, 1.807) is 0 Å². The van der Waals surface area contributed by atoms with Gasteiger partial charge in [0.05, 0.1) is 0 Å². The van der Waals surface area contributed by atoms with Crippen LogP contribution in [0.15, 0.2) is 30.3 Å². The smallest absolute Gasteiger partial charge is 0.0399 e. The molecule has 1 aromatic rings. The van der Waals surface area contributed by atoms with E-state index < -0.39 is 8.15 Å². The predicted octanol–water partition coefficient (Wildman–Crippen LogP) is 3.82. The standard InChI is InChI=1S/C15H24OP/c1-2-3-4-5-6-7-11-14-17(16)15-12-9-8-10-13-15/h8-10,12-13H,2-7,11,14H2,1H3/q-1. The quantitative estimate of drug-likeness (QED) is 0.483. The Bertz CT molecular complexity index is 274. The van der Waals surface area contributed by atoms with Crippen molar-refractivity contribution in [1.82, 2.24) is 0 Å². The molecule has 0 aromatic heterocycles. The second kappa shape index (κ2) is 9.62. The van der Waals surface area contributed by atoms with E-state index in [2.05, 4.69) is 6.92 Å². The van der Waals surface area contributed by atoms with Gasteiger partial charge in [0.25, 0.3) is 0 Å². The summed E-state index contributed by atoms with van der Waals surface area (Å²) in [6, 6.07) is 9.85. The molecule has 0 amide bonds. The monoisotopic (exact) mass is 251 g/mol. The molecular formula is C15H24OP-. The summed E-state index contributed by atoms with van der Waals surface area (Å²) in [5, 5.41) is 1.01. The minimum absolute atomic E-state index is 0.854. The Morgan fingerprint density at radius 1 is 0.882 bits per heavy atom. The highest BCUT2D eigenvalue weighted by Gasteiger charge is 1.97. The first kappa shape index (κ1) is 14.7. The zero-order valence-corrected chi connectivity index (χ0v) is 11.8. The van der Waals surface area contributed by atoms with Crippen molar-refractivity contribution < 1.29 is 4.89 Å². The first-order chi connectivity index (χ1) is 8.34. The molecule has 1 aromatic carbocycles. The van der Waals surface area contributed by atoms with Gasteiger partial charge in [-0.25, -0.2) is 0 Å². The van der Waals surface area contributed by atoms with Crippen molar-refractivity contribution in [3.8, 4) is 0 Å². The second-order valence-corrected chi connectivity index (χ2v) is 6.28. The Morgan fingerprint density at radius 3 is 2.12 bits per heavy atom. The summed E-state index contributed by atoms with van der Waals surface area (Å²) in [4.78, 5) is 11.9. The van der Waals surface area contributed by atoms with Gasteiger partial charge in [-0.1, -0.05) is 82.2 Å². The highest BCUT2D eigenvalue weighted by atomic mass is 31.1. The summed E-state index contributed by atoms with van der Waals surface area (Å²) in [6.45, 7) is 2.24. The number of unbranched alkanes of at least 4 members (excludes halogenated alkanes) is 6. The van der Waals surface area contributed by atoms with Gasteiger partial charge in [0.1, 0.15) is 0 Å². The van der Waals surface area contributed by atoms with Gasteiger partial charge in [0, 0.05) is 0 Å². The van der Waals surface area contributed by atoms with Crippen molar-refractivity contribution in [1.29, 1.82) is 0 Å². The molecule has 0 saturated heterocycles. The van der Waals surface area contributed by atoms with Gasteiger partial charge >= 0.3 is 0 Å². The van der Waals surface area contributed by atoms with E-state index in [9.17, 15) is 4.89 Å². The molecule has 0 aliphatic carbocycles. The number of hydrogen-bond donors (Lipinski definition) is 0. The van der Waals surface area contributed by atoms with Crippen molar-refractivity contribution in [2.24, 2.45) is 0 Å². The Kier molecular flexibility index (Phi) is 8.30. The summed E-state index contributed by atoms with van der Waals surface area (Å²) < 4.78 is 0. The Morgan fingerprint density at radius 2 is 1.47 bits per heavy atom. The fourth-order valence-corrected chi connectivity index (χ4v) is 3.21. The minimum Gasteiger partial charge on any atom is -0.826 e. The third kappa shape index (κ3) is 6.81. The third-order valence-corrected chi connectivity index (χ3v) is 4.61. The van der Waals surface area contributed by atoms with Crippen LogP contribution in [0, 0.1) is 0 Å². The number of benzene rings is 1. The summed E-state index contributed by atoms with van der Waals surface area (Å²) >= 11 is 0. The first-order valence-electron chi connectivity index (χ1n) is 6.84. The van der Waals surface area contributed by atoms with Crippen LogP contribution in [-0.2, 0) is 0 Å². The highest BCUT2D eigenvalue weighted by Crippen LogP contribution is 2.25. The molecule has 0 N–H and O–H groups in total. The van der Waals surface area contributed by atoms with Crippen LogP contribution < -0.4 is 10.2 Å². The average Bonchev–Trinajstić information content (AvgIpc) is 2.38. The van der Waals surface area contributed by atoms with Crippen LogP contribution in [0.25, 0.3) is 0 Å². The van der Waals surface area contributed by atoms with Crippen molar-refractivity contribution in [3.05, 3.63) is 30.3 Å². The summed E-state index contributed by atoms with van der Waals surface area (Å²) in [7, 11) is -1.15. The maximum atomic E-state index is 11.9. The molecule has 0 fully saturated rings. The van der Waals surface area contributed by atoms with Gasteiger partial charge < -0.3 is 4.89 Å². The maximum Gasteiger partial charge on any atom is -0.0399 e. The summed E-state index contributed by atoms with van der Waals surface area (Å²) in [5.74, 6) is 0. The van der Waals surface area contributed by atoms with Crippen LogP contribution in [0.2, 0.25) is 0 Å². The molecular weight excluding hydrogens is 227 g/mol. The van der Waals surface area contributed by atoms with E-state index in [0.29, 0.717) is 0 Å². The van der Waals surface area contributed by atoms with Gasteiger partial charge in [-0.3, -0.25) is 0 Å². The van der Waals surface area contributed by atoms with Gasteiger partial charge in [-0.05, 0) is 11.5 Å². The van der Waals surface area contributed by atoms with Crippen molar-refractivity contribution in [3.63, 3.8) is 0 Å². The van der Waals surface area contributed by atoms with Crippen molar-refractivity contribution in [2.45, 2.75) is 51.9 Å². The molecule has 1 unspecified atom stereocenters. The lowest BCUT2D eigenvalue weighted by atomic mass is 10.1. The van der Waals surface area contributed by atoms with Crippen LogP contribution in [0.5, 0.6) is 0 Å². The Balaban J connectivity index is 2.03. The molecule has 17 heavy (non-hydrogen) atoms. The molecule has 0 spiro atoms. The van der Waals surface area contributed by atoms with E-state index in [-0.39, 0.29) is 0 Å². The molecule has 0 aliphatic heterocycles. The van der Waals surface area contributed by atoms with Gasteiger partial charge in [-0.15, -0.1) is 0 Å². The van der Waals surface area contributed by atoms with Crippen LogP contribution in [0.3, 0.4) is 0 Å². The van der Waals surface area contributed by atoms with Gasteiger partial charge in [-0.2, -0.15) is 8.15 Å². The minimum atomic E-state index is -1.15. The molecule has 0 bridgehead atoms. The fourth-order valence-electron chi connectivity index (χ4n) is 1.94. The van der Waals surface area contributed by atoms with E-state index in [4.69, 9.17) is 0 Å².